The van der Waals surface area contributed by atoms with Gasteiger partial charge in [0.2, 0.25) is 21.8 Å². The maximum Gasteiger partial charge on any atom is 0.242 e. The fraction of sp³-hybridized carbons (Fsp3) is 0.440. The first-order chi connectivity index (χ1) is 16.4. The predicted octanol–water partition coefficient (Wildman–Crippen LogP) is 4.71. The average molecular weight is 543 g/mol. The van der Waals surface area contributed by atoms with E-state index in [1.165, 1.54) is 16.3 Å². The minimum absolute atomic E-state index is 0.0650. The van der Waals surface area contributed by atoms with Gasteiger partial charge in [-0.25, -0.2) is 8.42 Å². The van der Waals surface area contributed by atoms with Crippen LogP contribution in [0.25, 0.3) is 0 Å². The Labute approximate surface area is 218 Å². The van der Waals surface area contributed by atoms with Gasteiger partial charge in [0.25, 0.3) is 0 Å². The van der Waals surface area contributed by atoms with Gasteiger partial charge in [-0.2, -0.15) is 0 Å². The fourth-order valence-corrected chi connectivity index (χ4v) is 5.23. The molecule has 10 heteroatoms. The Balaban J connectivity index is 2.24. The number of amides is 2. The van der Waals surface area contributed by atoms with Crippen LogP contribution in [0.2, 0.25) is 10.0 Å². The predicted molar refractivity (Wildman–Crippen MR) is 142 cm³/mol. The van der Waals surface area contributed by atoms with Gasteiger partial charge < -0.3 is 10.2 Å². The highest BCUT2D eigenvalue weighted by Crippen LogP contribution is 2.25. The van der Waals surface area contributed by atoms with Gasteiger partial charge in [-0.3, -0.25) is 13.9 Å². The van der Waals surface area contributed by atoms with Crippen molar-refractivity contribution in [2.75, 3.05) is 24.2 Å². The van der Waals surface area contributed by atoms with E-state index in [-0.39, 0.29) is 37.7 Å². The second-order valence-electron chi connectivity index (χ2n) is 8.50. The number of carbonyl (C=O) groups is 2. The van der Waals surface area contributed by atoms with Crippen LogP contribution in [0.1, 0.15) is 42.9 Å². The summed E-state index contributed by atoms with van der Waals surface area (Å²) in [4.78, 5) is 27.3. The van der Waals surface area contributed by atoms with Gasteiger partial charge in [0.15, 0.2) is 0 Å². The molecule has 0 aliphatic rings. The molecule has 0 unspecified atom stereocenters. The van der Waals surface area contributed by atoms with E-state index in [0.717, 1.165) is 17.4 Å². The zero-order valence-electron chi connectivity index (χ0n) is 20.8. The minimum atomic E-state index is -3.55. The summed E-state index contributed by atoms with van der Waals surface area (Å²) < 4.78 is 26.3. The quantitative estimate of drug-likeness (QED) is 0.446. The molecule has 0 aliphatic heterocycles. The summed E-state index contributed by atoms with van der Waals surface area (Å²) in [5.41, 5.74) is 3.27. The highest BCUT2D eigenvalue weighted by molar-refractivity contribution is 7.92. The van der Waals surface area contributed by atoms with Crippen LogP contribution in [0.4, 0.5) is 5.69 Å². The molecule has 0 aromatic heterocycles. The van der Waals surface area contributed by atoms with Crippen LogP contribution >= 0.6 is 23.2 Å². The fourth-order valence-electron chi connectivity index (χ4n) is 3.80. The van der Waals surface area contributed by atoms with Gasteiger partial charge in [0.05, 0.1) is 11.9 Å². The number of nitrogens with zero attached hydrogens (tertiary/aromatic N) is 2. The van der Waals surface area contributed by atoms with E-state index in [0.29, 0.717) is 27.7 Å². The monoisotopic (exact) mass is 541 g/mol. The summed E-state index contributed by atoms with van der Waals surface area (Å²) in [5, 5.41) is 3.49. The number of hydrogen-bond acceptors (Lipinski definition) is 4. The summed E-state index contributed by atoms with van der Waals surface area (Å²) >= 11 is 12.3. The zero-order valence-corrected chi connectivity index (χ0v) is 23.1. The van der Waals surface area contributed by atoms with Crippen molar-refractivity contribution in [1.29, 1.82) is 0 Å². The number of nitrogens with one attached hydrogen (secondary N) is 1. The van der Waals surface area contributed by atoms with Crippen molar-refractivity contribution < 1.29 is 18.0 Å². The molecule has 0 aliphatic carbocycles. The molecule has 0 radical (unpaired) electrons. The van der Waals surface area contributed by atoms with E-state index in [1.807, 2.05) is 32.9 Å². The maximum absolute atomic E-state index is 13.3. The summed E-state index contributed by atoms with van der Waals surface area (Å²) in [5.74, 6) is -0.543. The van der Waals surface area contributed by atoms with Crippen LogP contribution in [-0.4, -0.2) is 51.0 Å². The van der Waals surface area contributed by atoms with Gasteiger partial charge in [0, 0.05) is 36.6 Å². The van der Waals surface area contributed by atoms with Crippen molar-refractivity contribution in [3.8, 4) is 0 Å². The molecule has 7 nitrogen and oxygen atoms in total. The highest BCUT2D eigenvalue weighted by atomic mass is 35.5. The van der Waals surface area contributed by atoms with E-state index in [9.17, 15) is 18.0 Å². The molecule has 0 saturated carbocycles. The number of carbonyl (C=O) groups excluding carboxylic acids is 2. The molecule has 192 valence electrons. The first-order valence-corrected chi connectivity index (χ1v) is 14.0. The van der Waals surface area contributed by atoms with Gasteiger partial charge in [-0.05, 0) is 67.6 Å². The third-order valence-electron chi connectivity index (χ3n) is 5.92. The Bertz CT molecular complexity index is 1170. The first kappa shape index (κ1) is 28.9. The molecule has 0 saturated heterocycles. The lowest BCUT2D eigenvalue weighted by Gasteiger charge is -2.31. The Morgan fingerprint density at radius 3 is 2.29 bits per heavy atom. The molecule has 0 spiro atoms. The molecule has 1 atom stereocenters. The standard InChI is InChI=1S/C25H33Cl2N3O4S/c1-6-23(25(32)28-4)29(16-19-10-11-20(26)15-22(19)27)24(31)8-7-13-30(35(5,33)34)21-12-9-17(2)18(3)14-21/h9-12,14-15,23H,6-8,13,16H2,1-5H3,(H,28,32)/t23-/m1/s1. The molecule has 1 N–H and O–H groups in total. The SMILES string of the molecule is CC[C@H](C(=O)NC)N(Cc1ccc(Cl)cc1Cl)C(=O)CCCN(c1ccc(C)c(C)c1)S(C)(=O)=O. The zero-order chi connectivity index (χ0) is 26.3. The third kappa shape index (κ3) is 7.85. The lowest BCUT2D eigenvalue weighted by Crippen LogP contribution is -2.48. The van der Waals surface area contributed by atoms with Crippen LogP contribution in [-0.2, 0) is 26.2 Å². The normalized spacial score (nSPS) is 12.2. The summed E-state index contributed by atoms with van der Waals surface area (Å²) in [6.07, 6.45) is 1.91. The second kappa shape index (κ2) is 12.6. The third-order valence-corrected chi connectivity index (χ3v) is 7.70. The van der Waals surface area contributed by atoms with Gasteiger partial charge in [0.1, 0.15) is 6.04 Å². The molecular formula is C25H33Cl2N3O4S. The first-order valence-electron chi connectivity index (χ1n) is 11.4. The number of likely N-dealkylation sites (N-methyl/N-ethyl adjacent to an activating group) is 1. The number of hydrogen-bond donors (Lipinski definition) is 1. The van der Waals surface area contributed by atoms with E-state index in [4.69, 9.17) is 23.2 Å². The van der Waals surface area contributed by atoms with Crippen molar-refractivity contribution in [3.05, 3.63) is 63.1 Å². The van der Waals surface area contributed by atoms with Gasteiger partial charge in [-0.1, -0.05) is 42.3 Å². The number of anilines is 1. The van der Waals surface area contributed by atoms with E-state index in [2.05, 4.69) is 5.32 Å². The largest absolute Gasteiger partial charge is 0.357 e. The Kier molecular flexibility index (Phi) is 10.4. The molecule has 0 heterocycles. The van der Waals surface area contributed by atoms with Gasteiger partial charge >= 0.3 is 0 Å². The number of benzene rings is 2. The van der Waals surface area contributed by atoms with Crippen LogP contribution in [0.15, 0.2) is 36.4 Å². The molecule has 2 rings (SSSR count). The lowest BCUT2D eigenvalue weighted by molar-refractivity contribution is -0.141. The van der Waals surface area contributed by atoms with E-state index >= 15 is 0 Å². The van der Waals surface area contributed by atoms with Crippen molar-refractivity contribution in [1.82, 2.24) is 10.2 Å². The van der Waals surface area contributed by atoms with Crippen LogP contribution < -0.4 is 9.62 Å². The molecule has 2 aromatic carbocycles. The average Bonchev–Trinajstić information content (AvgIpc) is 2.78. The van der Waals surface area contributed by atoms with Gasteiger partial charge in [-0.15, -0.1) is 0 Å². The molecule has 0 fully saturated rings. The molecule has 2 aromatic rings. The van der Waals surface area contributed by atoms with Crippen LogP contribution in [0, 0.1) is 13.8 Å². The Morgan fingerprint density at radius 1 is 1.06 bits per heavy atom. The summed E-state index contributed by atoms with van der Waals surface area (Å²) in [6, 6.07) is 9.78. The Morgan fingerprint density at radius 2 is 1.74 bits per heavy atom. The summed E-state index contributed by atoms with van der Waals surface area (Å²) in [6.45, 7) is 5.98. The van der Waals surface area contributed by atoms with E-state index < -0.39 is 16.1 Å². The second-order valence-corrected chi connectivity index (χ2v) is 11.3. The minimum Gasteiger partial charge on any atom is -0.357 e. The number of sulfonamides is 1. The smallest absolute Gasteiger partial charge is 0.242 e. The molecule has 2 amide bonds. The number of halogens is 2. The van der Waals surface area contributed by atoms with Crippen LogP contribution in [0.3, 0.4) is 0 Å². The number of aryl methyl sites for hydroxylation is 2. The summed E-state index contributed by atoms with van der Waals surface area (Å²) in [7, 11) is -2.02. The number of rotatable bonds is 11. The lowest BCUT2D eigenvalue weighted by atomic mass is 10.1. The molecule has 0 bridgehead atoms. The molecule has 35 heavy (non-hydrogen) atoms. The molecular weight excluding hydrogens is 509 g/mol. The maximum atomic E-state index is 13.3. The highest BCUT2D eigenvalue weighted by Gasteiger charge is 2.28. The topological polar surface area (TPSA) is 86.8 Å². The van der Waals surface area contributed by atoms with Crippen molar-refractivity contribution in [2.45, 2.75) is 52.6 Å². The van der Waals surface area contributed by atoms with Crippen molar-refractivity contribution in [2.24, 2.45) is 0 Å². The Hall–Kier alpha value is -2.29. The van der Waals surface area contributed by atoms with Crippen molar-refractivity contribution >= 4 is 50.7 Å². The van der Waals surface area contributed by atoms with E-state index in [1.54, 1.807) is 24.3 Å². The van der Waals surface area contributed by atoms with Crippen molar-refractivity contribution in [3.63, 3.8) is 0 Å². The van der Waals surface area contributed by atoms with Crippen LogP contribution in [0.5, 0.6) is 0 Å².